The minimum Gasteiger partial charge on any atom is -0.481 e. The highest BCUT2D eigenvalue weighted by atomic mass is 16.5. The zero-order valence-electron chi connectivity index (χ0n) is 18.0. The maximum atomic E-state index is 12.6. The number of carbonyl (C=O) groups excluding carboxylic acids is 2. The van der Waals surface area contributed by atoms with Crippen molar-refractivity contribution in [3.05, 3.63) is 59.7 Å². The van der Waals surface area contributed by atoms with Crippen molar-refractivity contribution in [1.82, 2.24) is 10.6 Å². The summed E-state index contributed by atoms with van der Waals surface area (Å²) in [6.07, 6.45) is -0.407. The molecule has 0 saturated carbocycles. The van der Waals surface area contributed by atoms with Gasteiger partial charge in [0.2, 0.25) is 5.91 Å². The molecule has 7 heteroatoms. The first-order valence-corrected chi connectivity index (χ1v) is 10.4. The number of carboxylic acid groups (broad SMARTS) is 1. The van der Waals surface area contributed by atoms with Crippen LogP contribution in [-0.4, -0.2) is 41.3 Å². The molecule has 1 aliphatic rings. The first-order chi connectivity index (χ1) is 14.7. The largest absolute Gasteiger partial charge is 0.481 e. The van der Waals surface area contributed by atoms with Gasteiger partial charge in [0.1, 0.15) is 12.1 Å². The molecular weight excluding hydrogens is 396 g/mol. The molecule has 164 valence electrons. The van der Waals surface area contributed by atoms with E-state index in [1.165, 1.54) is 0 Å². The topological polar surface area (TPSA) is 105 Å². The van der Waals surface area contributed by atoms with Gasteiger partial charge in [-0.05, 0) is 42.5 Å². The Morgan fingerprint density at radius 2 is 1.58 bits per heavy atom. The molecule has 1 aliphatic carbocycles. The molecule has 0 radical (unpaired) electrons. The van der Waals surface area contributed by atoms with Crippen LogP contribution in [0.3, 0.4) is 0 Å². The predicted molar refractivity (Wildman–Crippen MR) is 117 cm³/mol. The second-order valence-corrected chi connectivity index (χ2v) is 8.25. The van der Waals surface area contributed by atoms with Crippen LogP contribution in [0.1, 0.15) is 50.7 Å². The van der Waals surface area contributed by atoms with Gasteiger partial charge >= 0.3 is 12.1 Å². The highest BCUT2D eigenvalue weighted by molar-refractivity contribution is 5.89. The average molecular weight is 424 g/mol. The van der Waals surface area contributed by atoms with E-state index in [-0.39, 0.29) is 18.9 Å². The smallest absolute Gasteiger partial charge is 0.408 e. The van der Waals surface area contributed by atoms with Gasteiger partial charge in [0.25, 0.3) is 0 Å². The average Bonchev–Trinajstić information content (AvgIpc) is 3.05. The predicted octanol–water partition coefficient (Wildman–Crippen LogP) is 3.67. The number of alkyl carbamates (subject to hydrolysis) is 1. The molecule has 0 heterocycles. The highest BCUT2D eigenvalue weighted by Crippen LogP contribution is 2.44. The van der Waals surface area contributed by atoms with Crippen molar-refractivity contribution < 1.29 is 24.2 Å². The minimum absolute atomic E-state index is 0.0740. The van der Waals surface area contributed by atoms with Crippen molar-refractivity contribution in [3.8, 4) is 11.1 Å². The lowest BCUT2D eigenvalue weighted by molar-refractivity contribution is -0.138. The van der Waals surface area contributed by atoms with Crippen molar-refractivity contribution in [2.45, 2.75) is 51.1 Å². The van der Waals surface area contributed by atoms with E-state index in [2.05, 4.69) is 22.8 Å². The van der Waals surface area contributed by atoms with Gasteiger partial charge in [0.15, 0.2) is 0 Å². The lowest BCUT2D eigenvalue weighted by Crippen LogP contribution is -2.57. The Bertz CT molecular complexity index is 940. The van der Waals surface area contributed by atoms with E-state index >= 15 is 0 Å². The highest BCUT2D eigenvalue weighted by Gasteiger charge is 2.33. The third-order valence-corrected chi connectivity index (χ3v) is 5.57. The van der Waals surface area contributed by atoms with Gasteiger partial charge in [-0.3, -0.25) is 9.59 Å². The van der Waals surface area contributed by atoms with Crippen molar-refractivity contribution >= 4 is 18.0 Å². The number of hydrogen-bond donors (Lipinski definition) is 3. The number of amides is 2. The van der Waals surface area contributed by atoms with Gasteiger partial charge in [-0.1, -0.05) is 55.5 Å². The van der Waals surface area contributed by atoms with Crippen LogP contribution in [0.15, 0.2) is 48.5 Å². The van der Waals surface area contributed by atoms with E-state index in [1.54, 1.807) is 20.8 Å². The second-order valence-electron chi connectivity index (χ2n) is 8.25. The summed E-state index contributed by atoms with van der Waals surface area (Å²) in [4.78, 5) is 36.0. The van der Waals surface area contributed by atoms with Gasteiger partial charge in [0, 0.05) is 12.0 Å². The fraction of sp³-hybridized carbons (Fsp3) is 0.375. The molecule has 3 N–H and O–H groups in total. The van der Waals surface area contributed by atoms with Crippen LogP contribution in [-0.2, 0) is 14.3 Å². The van der Waals surface area contributed by atoms with Gasteiger partial charge < -0.3 is 20.5 Å². The van der Waals surface area contributed by atoms with Crippen molar-refractivity contribution in [2.75, 3.05) is 6.61 Å². The Morgan fingerprint density at radius 1 is 1.03 bits per heavy atom. The van der Waals surface area contributed by atoms with Crippen molar-refractivity contribution in [3.63, 3.8) is 0 Å². The van der Waals surface area contributed by atoms with E-state index in [4.69, 9.17) is 9.84 Å². The summed E-state index contributed by atoms with van der Waals surface area (Å²) < 4.78 is 5.50. The molecule has 0 bridgehead atoms. The molecule has 3 rings (SSSR count). The summed E-state index contributed by atoms with van der Waals surface area (Å²) in [5, 5.41) is 14.2. The van der Waals surface area contributed by atoms with Crippen LogP contribution in [0.25, 0.3) is 11.1 Å². The van der Waals surface area contributed by atoms with E-state index in [0.717, 1.165) is 22.3 Å². The van der Waals surface area contributed by atoms with Crippen LogP contribution >= 0.6 is 0 Å². The first-order valence-electron chi connectivity index (χ1n) is 10.4. The Morgan fingerprint density at radius 3 is 2.10 bits per heavy atom. The van der Waals surface area contributed by atoms with Gasteiger partial charge in [-0.15, -0.1) is 0 Å². The number of hydrogen-bond acceptors (Lipinski definition) is 4. The fourth-order valence-electron chi connectivity index (χ4n) is 3.82. The minimum atomic E-state index is -1.26. The molecule has 2 aromatic carbocycles. The van der Waals surface area contributed by atoms with Crippen LogP contribution in [0.4, 0.5) is 4.79 Å². The zero-order chi connectivity index (χ0) is 22.6. The summed E-state index contributed by atoms with van der Waals surface area (Å²) in [7, 11) is 0. The van der Waals surface area contributed by atoms with Gasteiger partial charge in [-0.2, -0.15) is 0 Å². The Kier molecular flexibility index (Phi) is 6.63. The Hall–Kier alpha value is -3.35. The summed E-state index contributed by atoms with van der Waals surface area (Å²) in [6, 6.07) is 15.6. The number of nitrogens with one attached hydrogen (secondary N) is 2. The maximum absolute atomic E-state index is 12.6. The van der Waals surface area contributed by atoms with Crippen molar-refractivity contribution in [2.24, 2.45) is 0 Å². The molecule has 0 aliphatic heterocycles. The lowest BCUT2D eigenvalue weighted by atomic mass is 9.98. The van der Waals surface area contributed by atoms with Gasteiger partial charge in [-0.25, -0.2) is 4.79 Å². The van der Waals surface area contributed by atoms with Gasteiger partial charge in [0.05, 0.1) is 6.42 Å². The van der Waals surface area contributed by atoms with Crippen LogP contribution < -0.4 is 10.6 Å². The quantitative estimate of drug-likeness (QED) is 0.600. The molecule has 0 aromatic heterocycles. The summed E-state index contributed by atoms with van der Waals surface area (Å²) in [6.45, 7) is 5.04. The monoisotopic (exact) mass is 424 g/mol. The van der Waals surface area contributed by atoms with E-state index < -0.39 is 29.6 Å². The van der Waals surface area contributed by atoms with Crippen LogP contribution in [0.5, 0.6) is 0 Å². The molecule has 1 atom stereocenters. The molecule has 2 amide bonds. The fourth-order valence-corrected chi connectivity index (χ4v) is 3.82. The third-order valence-electron chi connectivity index (χ3n) is 5.57. The normalized spacial score (nSPS) is 13.6. The summed E-state index contributed by atoms with van der Waals surface area (Å²) >= 11 is 0. The molecule has 31 heavy (non-hydrogen) atoms. The molecule has 1 unspecified atom stereocenters. The van der Waals surface area contributed by atoms with Crippen molar-refractivity contribution in [1.29, 1.82) is 0 Å². The number of carbonyl (C=O) groups is 3. The Labute approximate surface area is 181 Å². The Balaban J connectivity index is 1.62. The van der Waals surface area contributed by atoms with E-state index in [0.29, 0.717) is 6.42 Å². The zero-order valence-corrected chi connectivity index (χ0v) is 18.0. The molecule has 0 fully saturated rings. The summed E-state index contributed by atoms with van der Waals surface area (Å²) in [5.41, 5.74) is 3.22. The SMILES string of the molecule is CCC(CC(=O)O)NC(=O)C(C)(C)NC(=O)OCC1c2ccccc2-c2ccccc21. The number of benzene rings is 2. The van der Waals surface area contributed by atoms with E-state index in [9.17, 15) is 14.4 Å². The first kappa shape index (κ1) is 22.3. The number of aliphatic carboxylic acids is 1. The van der Waals surface area contributed by atoms with Crippen LogP contribution in [0.2, 0.25) is 0 Å². The third kappa shape index (κ3) is 5.05. The maximum Gasteiger partial charge on any atom is 0.408 e. The molecule has 7 nitrogen and oxygen atoms in total. The number of rotatable bonds is 8. The number of fused-ring (bicyclic) bond motifs is 3. The number of carboxylic acids is 1. The molecule has 0 spiro atoms. The van der Waals surface area contributed by atoms with Crippen LogP contribution in [0, 0.1) is 0 Å². The number of ether oxygens (including phenoxy) is 1. The molecular formula is C24H28N2O5. The molecule has 0 saturated heterocycles. The summed E-state index contributed by atoms with van der Waals surface area (Å²) in [5.74, 6) is -1.53. The standard InChI is InChI=1S/C24H28N2O5/c1-4-15(13-21(27)28)25-22(29)24(2,3)26-23(30)31-14-20-18-11-7-5-9-16(18)17-10-6-8-12-19(17)20/h5-12,15,20H,4,13-14H2,1-3H3,(H,25,29)(H,26,30)(H,27,28). The molecule has 2 aromatic rings. The van der Waals surface area contributed by atoms with E-state index in [1.807, 2.05) is 36.4 Å². The lowest BCUT2D eigenvalue weighted by Gasteiger charge is -2.27. The second kappa shape index (κ2) is 9.20.